The van der Waals surface area contributed by atoms with Gasteiger partial charge in [-0.15, -0.1) is 0 Å². The Balaban J connectivity index is 1.44. The number of rotatable bonds is 6. The highest BCUT2D eigenvalue weighted by Gasteiger charge is 2.19. The lowest BCUT2D eigenvalue weighted by Gasteiger charge is -2.12. The number of carbonyl (C=O) groups excluding carboxylic acids is 1. The van der Waals surface area contributed by atoms with Gasteiger partial charge in [-0.3, -0.25) is 14.0 Å². The second-order valence-electron chi connectivity index (χ2n) is 8.71. The van der Waals surface area contributed by atoms with E-state index in [4.69, 9.17) is 4.74 Å². The Morgan fingerprint density at radius 3 is 2.49 bits per heavy atom. The van der Waals surface area contributed by atoms with Gasteiger partial charge in [-0.05, 0) is 75.4 Å². The summed E-state index contributed by atoms with van der Waals surface area (Å²) in [6.07, 6.45) is 1.59. The van der Waals surface area contributed by atoms with E-state index in [1.165, 1.54) is 16.5 Å². The summed E-state index contributed by atoms with van der Waals surface area (Å²) in [5.74, 6) is -0.364. The molecule has 0 aliphatic rings. The zero-order chi connectivity index (χ0) is 26.1. The molecule has 0 fully saturated rings. The first-order valence-corrected chi connectivity index (χ1v) is 11.6. The van der Waals surface area contributed by atoms with Gasteiger partial charge in [0.25, 0.3) is 11.5 Å². The summed E-state index contributed by atoms with van der Waals surface area (Å²) in [7, 11) is 0. The van der Waals surface area contributed by atoms with Crippen LogP contribution in [-0.4, -0.2) is 31.7 Å². The molecule has 2 aromatic carbocycles. The highest BCUT2D eigenvalue weighted by molar-refractivity contribution is 5.92. The maximum absolute atomic E-state index is 13.5. The fourth-order valence-corrected chi connectivity index (χ4v) is 4.07. The van der Waals surface area contributed by atoms with Crippen LogP contribution in [0.15, 0.2) is 77.7 Å². The number of pyridine rings is 1. The smallest absolute Gasteiger partial charge is 0.267 e. The first kappa shape index (κ1) is 23.9. The Bertz CT molecular complexity index is 1670. The fraction of sp³-hybridized carbons (Fsp3) is 0.143. The first-order valence-electron chi connectivity index (χ1n) is 11.6. The van der Waals surface area contributed by atoms with Crippen molar-refractivity contribution in [2.45, 2.75) is 20.8 Å². The van der Waals surface area contributed by atoms with Gasteiger partial charge < -0.3 is 10.1 Å². The van der Waals surface area contributed by atoms with Gasteiger partial charge in [0.2, 0.25) is 0 Å². The van der Waals surface area contributed by atoms with E-state index in [0.29, 0.717) is 39.7 Å². The van der Waals surface area contributed by atoms with Crippen molar-refractivity contribution in [2.75, 3.05) is 11.9 Å². The van der Waals surface area contributed by atoms with Crippen LogP contribution in [0.2, 0.25) is 0 Å². The normalized spacial score (nSPS) is 11.0. The molecule has 0 spiro atoms. The third-order valence-electron chi connectivity index (χ3n) is 5.91. The van der Waals surface area contributed by atoms with Crippen molar-refractivity contribution in [1.29, 1.82) is 0 Å². The number of hydrogen-bond donors (Lipinski definition) is 1. The molecule has 0 aliphatic heterocycles. The molecule has 37 heavy (non-hydrogen) atoms. The number of anilines is 1. The van der Waals surface area contributed by atoms with Crippen molar-refractivity contribution in [1.82, 2.24) is 19.2 Å². The quantitative estimate of drug-likeness (QED) is 0.370. The van der Waals surface area contributed by atoms with E-state index < -0.39 is 0 Å². The molecule has 9 heteroatoms. The summed E-state index contributed by atoms with van der Waals surface area (Å²) in [6, 6.07) is 18.5. The van der Waals surface area contributed by atoms with Gasteiger partial charge in [0.15, 0.2) is 18.0 Å². The van der Waals surface area contributed by atoms with E-state index in [1.54, 1.807) is 48.1 Å². The van der Waals surface area contributed by atoms with Crippen molar-refractivity contribution >= 4 is 17.2 Å². The van der Waals surface area contributed by atoms with Crippen LogP contribution in [0.5, 0.6) is 5.75 Å². The lowest BCUT2D eigenvalue weighted by Crippen LogP contribution is -2.22. The summed E-state index contributed by atoms with van der Waals surface area (Å²) in [4.78, 5) is 30.5. The molecule has 0 saturated carbocycles. The lowest BCUT2D eigenvalue weighted by molar-refractivity contribution is -0.118. The van der Waals surface area contributed by atoms with Crippen molar-refractivity contribution in [3.05, 3.63) is 106 Å². The highest BCUT2D eigenvalue weighted by atomic mass is 19.1. The van der Waals surface area contributed by atoms with Crippen molar-refractivity contribution in [3.8, 4) is 22.7 Å². The van der Waals surface area contributed by atoms with E-state index in [2.05, 4.69) is 15.4 Å². The van der Waals surface area contributed by atoms with Crippen molar-refractivity contribution in [2.24, 2.45) is 0 Å². The minimum Gasteiger partial charge on any atom is -0.480 e. The SMILES string of the molecule is Cc1ccc(NC(=O)COc2cccn3c(=O)c(-c4cc(C)n(-c5ccc(F)cc5)n4)c(C)nc23)cc1. The van der Waals surface area contributed by atoms with Crippen LogP contribution in [0, 0.1) is 26.6 Å². The molecule has 3 heterocycles. The van der Waals surface area contributed by atoms with Gasteiger partial charge in [0, 0.05) is 17.6 Å². The number of benzene rings is 2. The van der Waals surface area contributed by atoms with E-state index in [0.717, 1.165) is 11.3 Å². The first-order chi connectivity index (χ1) is 17.8. The third kappa shape index (κ3) is 4.84. The number of aromatic nitrogens is 4. The van der Waals surface area contributed by atoms with Crippen LogP contribution in [0.3, 0.4) is 0 Å². The Hall–Kier alpha value is -4.79. The van der Waals surface area contributed by atoms with Gasteiger partial charge >= 0.3 is 0 Å². The largest absolute Gasteiger partial charge is 0.480 e. The zero-order valence-electron chi connectivity index (χ0n) is 20.5. The van der Waals surface area contributed by atoms with Crippen molar-refractivity contribution < 1.29 is 13.9 Å². The van der Waals surface area contributed by atoms with Crippen LogP contribution in [0.4, 0.5) is 10.1 Å². The summed E-state index contributed by atoms with van der Waals surface area (Å²) in [5, 5.41) is 7.37. The standard InChI is InChI=1S/C28H24FN5O3/c1-17-6-10-21(11-7-17)31-25(35)16-37-24-5-4-14-33-27(24)30-19(3)26(28(33)36)23-15-18(2)34(32-23)22-12-8-20(29)9-13-22/h4-15H,16H2,1-3H3,(H,31,35). The highest BCUT2D eigenvalue weighted by Crippen LogP contribution is 2.24. The minimum absolute atomic E-state index is 0.245. The van der Waals surface area contributed by atoms with Crippen LogP contribution in [0.1, 0.15) is 17.0 Å². The van der Waals surface area contributed by atoms with Gasteiger partial charge in [0.05, 0.1) is 16.9 Å². The fourth-order valence-electron chi connectivity index (χ4n) is 4.07. The minimum atomic E-state index is -0.341. The van der Waals surface area contributed by atoms with Gasteiger partial charge in [-0.2, -0.15) is 5.10 Å². The van der Waals surface area contributed by atoms with Gasteiger partial charge in [0.1, 0.15) is 11.5 Å². The second kappa shape index (κ2) is 9.69. The predicted molar refractivity (Wildman–Crippen MR) is 139 cm³/mol. The van der Waals surface area contributed by atoms with E-state index in [9.17, 15) is 14.0 Å². The summed E-state index contributed by atoms with van der Waals surface area (Å²) >= 11 is 0. The Kier molecular flexibility index (Phi) is 6.27. The monoisotopic (exact) mass is 497 g/mol. The van der Waals surface area contributed by atoms with Crippen LogP contribution in [0.25, 0.3) is 22.6 Å². The van der Waals surface area contributed by atoms with Crippen LogP contribution in [-0.2, 0) is 4.79 Å². The van der Waals surface area contributed by atoms with E-state index in [-0.39, 0.29) is 23.9 Å². The molecular weight excluding hydrogens is 473 g/mol. The predicted octanol–water partition coefficient (Wildman–Crippen LogP) is 4.63. The average molecular weight is 498 g/mol. The number of halogens is 1. The number of amides is 1. The molecule has 8 nitrogen and oxygen atoms in total. The zero-order valence-corrected chi connectivity index (χ0v) is 20.5. The molecule has 1 amide bonds. The molecule has 5 rings (SSSR count). The number of fused-ring (bicyclic) bond motifs is 1. The molecule has 186 valence electrons. The molecule has 0 radical (unpaired) electrons. The summed E-state index contributed by atoms with van der Waals surface area (Å²) in [5.41, 5.74) is 4.46. The molecule has 3 aromatic heterocycles. The summed E-state index contributed by atoms with van der Waals surface area (Å²) < 4.78 is 22.1. The second-order valence-corrected chi connectivity index (χ2v) is 8.71. The van der Waals surface area contributed by atoms with Crippen molar-refractivity contribution in [3.63, 3.8) is 0 Å². The number of nitrogens with zero attached hydrogens (tertiary/aromatic N) is 4. The maximum atomic E-state index is 13.5. The molecule has 5 aromatic rings. The third-order valence-corrected chi connectivity index (χ3v) is 5.91. The molecule has 0 atom stereocenters. The molecule has 0 bridgehead atoms. The number of aryl methyl sites for hydroxylation is 3. The topological polar surface area (TPSA) is 90.5 Å². The van der Waals surface area contributed by atoms with Crippen LogP contribution >= 0.6 is 0 Å². The molecular formula is C28H24FN5O3. The van der Waals surface area contributed by atoms with Gasteiger partial charge in [-0.25, -0.2) is 14.1 Å². The number of ether oxygens (including phenoxy) is 1. The number of carbonyl (C=O) groups is 1. The van der Waals surface area contributed by atoms with Gasteiger partial charge in [-0.1, -0.05) is 17.7 Å². The molecule has 0 unspecified atom stereocenters. The Morgan fingerprint density at radius 2 is 1.76 bits per heavy atom. The van der Waals surface area contributed by atoms with E-state index in [1.807, 2.05) is 38.1 Å². The maximum Gasteiger partial charge on any atom is 0.267 e. The number of hydrogen-bond acceptors (Lipinski definition) is 5. The molecule has 1 N–H and O–H groups in total. The number of nitrogens with one attached hydrogen (secondary N) is 1. The molecule has 0 aliphatic carbocycles. The summed E-state index contributed by atoms with van der Waals surface area (Å²) in [6.45, 7) is 5.31. The average Bonchev–Trinajstić information content (AvgIpc) is 3.25. The Labute approximate surface area is 212 Å². The van der Waals surface area contributed by atoms with E-state index >= 15 is 0 Å². The molecule has 0 saturated heterocycles. The van der Waals surface area contributed by atoms with Crippen LogP contribution < -0.4 is 15.6 Å². The lowest BCUT2D eigenvalue weighted by atomic mass is 10.1. The Morgan fingerprint density at radius 1 is 1.03 bits per heavy atom.